The second-order valence-corrected chi connectivity index (χ2v) is 11.7. The number of imide groups is 1. The molecule has 8 nitrogen and oxygen atoms in total. The van der Waals surface area contributed by atoms with Crippen LogP contribution in [0.2, 0.25) is 0 Å². The first kappa shape index (κ1) is 24.3. The summed E-state index contributed by atoms with van der Waals surface area (Å²) in [4.78, 5) is 28.5. The molecule has 0 spiro atoms. The van der Waals surface area contributed by atoms with Gasteiger partial charge in [-0.1, -0.05) is 25.1 Å². The third kappa shape index (κ3) is 4.25. The first-order valence-electron chi connectivity index (χ1n) is 11.5. The molecule has 2 aliphatic carbocycles. The Balaban J connectivity index is 1.82. The molecule has 1 heterocycles. The lowest BCUT2D eigenvalue weighted by Gasteiger charge is -2.37. The molecule has 1 saturated carbocycles. The number of anilines is 1. The minimum atomic E-state index is -3.97. The molecular weight excluding hydrogens is 465 g/mol. The van der Waals surface area contributed by atoms with Crippen LogP contribution in [0.15, 0.2) is 41.7 Å². The molecule has 5 atom stereocenters. The first-order chi connectivity index (χ1) is 15.9. The van der Waals surface area contributed by atoms with Crippen molar-refractivity contribution in [3.63, 3.8) is 0 Å². The summed E-state index contributed by atoms with van der Waals surface area (Å²) in [6.07, 6.45) is 2.15. The average molecular weight is 496 g/mol. The van der Waals surface area contributed by atoms with Crippen LogP contribution in [0.1, 0.15) is 40.0 Å². The Hall–Kier alpha value is -1.80. The summed E-state index contributed by atoms with van der Waals surface area (Å²) >= 11 is 0. The molecule has 4 rings (SSSR count). The van der Waals surface area contributed by atoms with Crippen LogP contribution < -0.4 is 4.90 Å². The quantitative estimate of drug-likeness (QED) is 0.374. The Morgan fingerprint density at radius 3 is 2.27 bits per heavy atom. The number of hydrogen-bond acceptors (Lipinski definition) is 7. The van der Waals surface area contributed by atoms with Crippen LogP contribution >= 0.6 is 7.82 Å². The number of nitrogens with zero attached hydrogens (tertiary/aromatic N) is 1. The molecule has 1 aromatic carbocycles. The Morgan fingerprint density at radius 1 is 1.03 bits per heavy atom. The largest absolute Gasteiger partial charge is 0.529 e. The number of hydrogen-bond donors (Lipinski definition) is 0. The van der Waals surface area contributed by atoms with Crippen molar-refractivity contribution in [1.82, 2.24) is 0 Å². The van der Waals surface area contributed by atoms with E-state index in [4.69, 9.17) is 13.6 Å². The number of carbonyl (C=O) groups excluding carboxylic acids is 2. The van der Waals surface area contributed by atoms with Gasteiger partial charge in [0.1, 0.15) is 11.0 Å². The standard InChI is InChI=1S/C23H30NO7PS/c1-4-29-32(27,30-5-2)31-20-17-14-10-13-16(17)18-19(21(20)33(28)6-3)23(26)24(22(18)25)15-11-8-7-9-12-15/h7-9,11-12,16,18-19,21H,4-6,10,13-14H2,1-3H3/t16-,18?,19?,21?,33?/m0/s1. The third-order valence-electron chi connectivity index (χ3n) is 6.51. The molecule has 1 saturated heterocycles. The van der Waals surface area contributed by atoms with Gasteiger partial charge in [-0.05, 0) is 56.7 Å². The van der Waals surface area contributed by atoms with E-state index >= 15 is 0 Å². The van der Waals surface area contributed by atoms with Crippen LogP contribution in [-0.2, 0) is 38.5 Å². The topological polar surface area (TPSA) is 99.2 Å². The fourth-order valence-corrected chi connectivity index (χ4v) is 8.07. The number of carbonyl (C=O) groups is 2. The molecule has 4 unspecified atom stereocenters. The zero-order valence-electron chi connectivity index (χ0n) is 19.1. The number of phosphoric acid groups is 1. The number of benzene rings is 1. The normalized spacial score (nSPS) is 28.2. The number of fused-ring (bicyclic) bond motifs is 3. The Bertz CT molecular complexity index is 1020. The van der Waals surface area contributed by atoms with Crippen LogP contribution in [-0.4, -0.2) is 40.2 Å². The minimum absolute atomic E-state index is 0.107. The van der Waals surface area contributed by atoms with Crippen LogP contribution in [0.25, 0.3) is 0 Å². The van der Waals surface area contributed by atoms with Crippen molar-refractivity contribution in [2.45, 2.75) is 45.3 Å². The zero-order chi connectivity index (χ0) is 23.8. The first-order valence-corrected chi connectivity index (χ1v) is 14.3. The number of rotatable bonds is 9. The van der Waals surface area contributed by atoms with Crippen molar-refractivity contribution < 1.29 is 31.9 Å². The lowest BCUT2D eigenvalue weighted by atomic mass is 9.73. The van der Waals surface area contributed by atoms with E-state index in [9.17, 15) is 18.4 Å². The van der Waals surface area contributed by atoms with E-state index in [1.807, 2.05) is 6.07 Å². The maximum atomic E-state index is 13.7. The fourth-order valence-electron chi connectivity index (χ4n) is 5.31. The molecule has 1 aliphatic heterocycles. The highest BCUT2D eigenvalue weighted by Gasteiger charge is 2.61. The third-order valence-corrected chi connectivity index (χ3v) is 9.72. The second kappa shape index (κ2) is 9.82. The van der Waals surface area contributed by atoms with Crippen molar-refractivity contribution in [2.75, 3.05) is 23.9 Å². The summed E-state index contributed by atoms with van der Waals surface area (Å²) in [6.45, 7) is 5.34. The van der Waals surface area contributed by atoms with Crippen molar-refractivity contribution in [1.29, 1.82) is 0 Å². The van der Waals surface area contributed by atoms with Crippen molar-refractivity contribution in [3.8, 4) is 0 Å². The SMILES string of the molecule is CCOP(=O)(OCC)OC1=C2CCC[C@@H]2C2C(=O)N(c3ccccc3)C(=O)C2C1S(=O)CC. The summed E-state index contributed by atoms with van der Waals surface area (Å²) in [6, 6.07) is 8.80. The molecular formula is C23H30NO7PS. The summed E-state index contributed by atoms with van der Waals surface area (Å²) in [5, 5.41) is -0.885. The van der Waals surface area contributed by atoms with Crippen LogP contribution in [0.3, 0.4) is 0 Å². The Kier molecular flexibility index (Phi) is 7.24. The molecule has 33 heavy (non-hydrogen) atoms. The highest BCUT2D eigenvalue weighted by Crippen LogP contribution is 2.59. The maximum Gasteiger partial charge on any atom is 0.529 e. The number of phosphoric ester groups is 1. The molecule has 0 radical (unpaired) electrons. The van der Waals surface area contributed by atoms with Gasteiger partial charge in [-0.2, -0.15) is 0 Å². The van der Waals surface area contributed by atoms with Crippen LogP contribution in [0, 0.1) is 17.8 Å². The molecule has 3 aliphatic rings. The Morgan fingerprint density at radius 2 is 1.67 bits per heavy atom. The van der Waals surface area contributed by atoms with Crippen LogP contribution in [0.5, 0.6) is 0 Å². The molecule has 2 amide bonds. The lowest BCUT2D eigenvalue weighted by Crippen LogP contribution is -2.44. The summed E-state index contributed by atoms with van der Waals surface area (Å²) in [7, 11) is -5.50. The van der Waals surface area contributed by atoms with E-state index < -0.39 is 41.6 Å². The van der Waals surface area contributed by atoms with Gasteiger partial charge in [0.2, 0.25) is 11.8 Å². The van der Waals surface area contributed by atoms with Gasteiger partial charge in [-0.15, -0.1) is 0 Å². The van der Waals surface area contributed by atoms with E-state index in [2.05, 4.69) is 0 Å². The summed E-state index contributed by atoms with van der Waals surface area (Å²) in [5.74, 6) is -1.82. The van der Waals surface area contributed by atoms with Crippen molar-refractivity contribution in [2.24, 2.45) is 17.8 Å². The van der Waals surface area contributed by atoms with Gasteiger partial charge in [0, 0.05) is 16.6 Å². The zero-order valence-corrected chi connectivity index (χ0v) is 20.8. The van der Waals surface area contributed by atoms with Gasteiger partial charge < -0.3 is 4.52 Å². The van der Waals surface area contributed by atoms with Gasteiger partial charge in [0.25, 0.3) is 0 Å². The smallest absolute Gasteiger partial charge is 0.407 e. The molecule has 0 N–H and O–H groups in total. The number of para-hydroxylation sites is 1. The van der Waals surface area contributed by atoms with Crippen molar-refractivity contribution >= 4 is 36.1 Å². The van der Waals surface area contributed by atoms with Gasteiger partial charge in [0.15, 0.2) is 0 Å². The molecule has 2 fully saturated rings. The van der Waals surface area contributed by atoms with Crippen molar-refractivity contribution in [3.05, 3.63) is 41.7 Å². The lowest BCUT2D eigenvalue weighted by molar-refractivity contribution is -0.122. The maximum absolute atomic E-state index is 13.7. The van der Waals surface area contributed by atoms with Gasteiger partial charge in [0.05, 0.1) is 30.7 Å². The van der Waals surface area contributed by atoms with E-state index in [0.717, 1.165) is 12.0 Å². The number of amides is 2. The second-order valence-electron chi connectivity index (χ2n) is 8.25. The monoisotopic (exact) mass is 495 g/mol. The van der Waals surface area contributed by atoms with Gasteiger partial charge in [-0.25, -0.2) is 9.46 Å². The van der Waals surface area contributed by atoms with E-state index in [1.54, 1.807) is 45.0 Å². The molecule has 10 heteroatoms. The highest BCUT2D eigenvalue weighted by molar-refractivity contribution is 7.85. The van der Waals surface area contributed by atoms with Gasteiger partial charge in [-0.3, -0.25) is 22.8 Å². The highest BCUT2D eigenvalue weighted by atomic mass is 32.2. The minimum Gasteiger partial charge on any atom is -0.407 e. The number of allylic oxidation sites excluding steroid dienone is 1. The predicted molar refractivity (Wildman–Crippen MR) is 125 cm³/mol. The molecule has 180 valence electrons. The van der Waals surface area contributed by atoms with E-state index in [-0.39, 0.29) is 36.6 Å². The molecule has 0 aromatic heterocycles. The molecule has 1 aromatic rings. The Labute approximate surface area is 196 Å². The predicted octanol–water partition coefficient (Wildman–Crippen LogP) is 4.19. The fraction of sp³-hybridized carbons (Fsp3) is 0.565. The van der Waals surface area contributed by atoms with E-state index in [0.29, 0.717) is 18.5 Å². The van der Waals surface area contributed by atoms with E-state index in [1.165, 1.54) is 4.90 Å². The molecule has 0 bridgehead atoms. The van der Waals surface area contributed by atoms with Gasteiger partial charge >= 0.3 is 7.82 Å². The summed E-state index contributed by atoms with van der Waals surface area (Å²) < 4.78 is 43.3. The summed E-state index contributed by atoms with van der Waals surface area (Å²) in [5.41, 5.74) is 1.32. The van der Waals surface area contributed by atoms with Crippen LogP contribution in [0.4, 0.5) is 5.69 Å². The average Bonchev–Trinajstić information content (AvgIpc) is 3.37.